The van der Waals surface area contributed by atoms with Gasteiger partial charge in [0.05, 0.1) is 5.56 Å². The monoisotopic (exact) mass is 276 g/mol. The Morgan fingerprint density at radius 3 is 2.26 bits per heavy atom. The van der Waals surface area contributed by atoms with Gasteiger partial charge in [0.15, 0.2) is 12.0 Å². The van der Waals surface area contributed by atoms with Gasteiger partial charge in [0, 0.05) is 0 Å². The van der Waals surface area contributed by atoms with E-state index in [0.29, 0.717) is 11.8 Å². The summed E-state index contributed by atoms with van der Waals surface area (Å²) in [4.78, 5) is 10.8. The van der Waals surface area contributed by atoms with Crippen LogP contribution in [0.1, 0.15) is 15.9 Å². The lowest BCUT2D eigenvalue weighted by Gasteiger charge is -2.08. The van der Waals surface area contributed by atoms with Gasteiger partial charge in [-0.15, -0.1) is 0 Å². The third-order valence-electron chi connectivity index (χ3n) is 2.45. The first-order chi connectivity index (χ1) is 9.11. The lowest BCUT2D eigenvalue weighted by Crippen LogP contribution is -2.13. The van der Waals surface area contributed by atoms with E-state index in [9.17, 15) is 13.2 Å². The molecule has 0 aliphatic rings. The van der Waals surface area contributed by atoms with E-state index in [4.69, 9.17) is 4.18 Å². The molecule has 98 valence electrons. The van der Waals surface area contributed by atoms with Crippen molar-refractivity contribution >= 4 is 16.4 Å². The second-order valence-electron chi connectivity index (χ2n) is 3.93. The standard InChI is InChI=1S/C14H12O4S/c15-10-13-8-4-5-9-14(13)18-19(16,17)11-12-6-2-1-3-7-12/h1-10H,11H2. The third-order valence-corrected chi connectivity index (χ3v) is 3.57. The van der Waals surface area contributed by atoms with Crippen molar-refractivity contribution in [1.29, 1.82) is 0 Å². The van der Waals surface area contributed by atoms with Gasteiger partial charge in [-0.2, -0.15) is 8.42 Å². The minimum atomic E-state index is -3.78. The predicted octanol–water partition coefficient (Wildman–Crippen LogP) is 2.41. The number of carbonyl (C=O) groups is 1. The molecule has 0 spiro atoms. The zero-order valence-corrected chi connectivity index (χ0v) is 10.8. The van der Waals surface area contributed by atoms with Crippen molar-refractivity contribution in [3.63, 3.8) is 0 Å². The first-order valence-corrected chi connectivity index (χ1v) is 7.19. The fraction of sp³-hybridized carbons (Fsp3) is 0.0714. The number of hydrogen-bond acceptors (Lipinski definition) is 4. The van der Waals surface area contributed by atoms with E-state index < -0.39 is 10.1 Å². The topological polar surface area (TPSA) is 60.4 Å². The number of hydrogen-bond donors (Lipinski definition) is 0. The van der Waals surface area contributed by atoms with Crippen molar-refractivity contribution < 1.29 is 17.4 Å². The Morgan fingerprint density at radius 1 is 0.947 bits per heavy atom. The first kappa shape index (κ1) is 13.3. The fourth-order valence-electron chi connectivity index (χ4n) is 1.60. The average molecular weight is 276 g/mol. The van der Waals surface area contributed by atoms with E-state index in [1.807, 2.05) is 0 Å². The highest BCUT2D eigenvalue weighted by molar-refractivity contribution is 7.86. The van der Waals surface area contributed by atoms with Gasteiger partial charge in [-0.25, -0.2) is 0 Å². The first-order valence-electron chi connectivity index (χ1n) is 5.61. The summed E-state index contributed by atoms with van der Waals surface area (Å²) in [5.74, 6) is -0.186. The molecule has 5 heteroatoms. The summed E-state index contributed by atoms with van der Waals surface area (Å²) in [6.45, 7) is 0. The summed E-state index contributed by atoms with van der Waals surface area (Å²) in [6, 6.07) is 14.9. The summed E-state index contributed by atoms with van der Waals surface area (Å²) in [5.41, 5.74) is 0.838. The molecular weight excluding hydrogens is 264 g/mol. The van der Waals surface area contributed by atoms with Crippen LogP contribution in [-0.2, 0) is 15.9 Å². The van der Waals surface area contributed by atoms with Gasteiger partial charge in [-0.3, -0.25) is 4.79 Å². The van der Waals surface area contributed by atoms with Gasteiger partial charge in [-0.05, 0) is 17.7 Å². The maximum atomic E-state index is 11.9. The summed E-state index contributed by atoms with van der Waals surface area (Å²) < 4.78 is 28.8. The van der Waals surface area contributed by atoms with Crippen LogP contribution in [0.15, 0.2) is 54.6 Å². The van der Waals surface area contributed by atoms with E-state index in [0.717, 1.165) is 0 Å². The summed E-state index contributed by atoms with van der Waals surface area (Å²) in [6.07, 6.45) is 0.563. The van der Waals surface area contributed by atoms with Gasteiger partial charge in [0.2, 0.25) is 0 Å². The van der Waals surface area contributed by atoms with E-state index in [-0.39, 0.29) is 17.1 Å². The van der Waals surface area contributed by atoms with Crippen LogP contribution >= 0.6 is 0 Å². The highest BCUT2D eigenvalue weighted by Crippen LogP contribution is 2.19. The van der Waals surface area contributed by atoms with E-state index in [1.54, 1.807) is 42.5 Å². The zero-order chi connectivity index (χ0) is 13.7. The molecule has 0 aliphatic heterocycles. The minimum Gasteiger partial charge on any atom is -0.381 e. The summed E-state index contributed by atoms with van der Waals surface area (Å²) in [7, 11) is -3.78. The van der Waals surface area contributed by atoms with Gasteiger partial charge in [0.25, 0.3) is 0 Å². The van der Waals surface area contributed by atoms with Crippen LogP contribution in [-0.4, -0.2) is 14.7 Å². The molecule has 0 saturated heterocycles. The second kappa shape index (κ2) is 5.67. The molecule has 2 aromatic carbocycles. The molecule has 0 aliphatic carbocycles. The number of para-hydroxylation sites is 1. The smallest absolute Gasteiger partial charge is 0.313 e. The quantitative estimate of drug-likeness (QED) is 0.621. The largest absolute Gasteiger partial charge is 0.381 e. The maximum absolute atomic E-state index is 11.9. The summed E-state index contributed by atoms with van der Waals surface area (Å²) in [5, 5.41) is 0. The normalized spacial score (nSPS) is 10.9. The van der Waals surface area contributed by atoms with Gasteiger partial charge in [-0.1, -0.05) is 42.5 Å². The molecule has 0 bridgehead atoms. The molecule has 0 fully saturated rings. The van der Waals surface area contributed by atoms with Crippen molar-refractivity contribution in [2.24, 2.45) is 0 Å². The van der Waals surface area contributed by atoms with Crippen molar-refractivity contribution in [2.45, 2.75) is 5.75 Å². The molecule has 0 aromatic heterocycles. The lowest BCUT2D eigenvalue weighted by molar-refractivity contribution is 0.112. The summed E-state index contributed by atoms with van der Waals surface area (Å²) >= 11 is 0. The van der Waals surface area contributed by atoms with Crippen molar-refractivity contribution in [3.05, 3.63) is 65.7 Å². The molecule has 4 nitrogen and oxygen atoms in total. The molecular formula is C14H12O4S. The number of rotatable bonds is 5. The Balaban J connectivity index is 2.20. The minimum absolute atomic E-state index is 0.0495. The Hall–Kier alpha value is -2.14. The lowest BCUT2D eigenvalue weighted by atomic mass is 10.2. The molecule has 0 N–H and O–H groups in total. The van der Waals surface area contributed by atoms with Crippen molar-refractivity contribution in [1.82, 2.24) is 0 Å². The molecule has 0 amide bonds. The Labute approximate surface area is 111 Å². The zero-order valence-electron chi connectivity index (χ0n) is 10.0. The second-order valence-corrected chi connectivity index (χ2v) is 5.50. The van der Waals surface area contributed by atoms with Gasteiger partial charge >= 0.3 is 10.1 Å². The Morgan fingerprint density at radius 2 is 1.58 bits per heavy atom. The fourth-order valence-corrected chi connectivity index (χ4v) is 2.68. The Kier molecular flexibility index (Phi) is 3.97. The third kappa shape index (κ3) is 3.66. The van der Waals surface area contributed by atoms with Crippen LogP contribution in [0.5, 0.6) is 5.75 Å². The van der Waals surface area contributed by atoms with E-state index >= 15 is 0 Å². The molecule has 2 rings (SSSR count). The molecule has 0 atom stereocenters. The van der Waals surface area contributed by atoms with Crippen molar-refractivity contribution in [2.75, 3.05) is 0 Å². The highest BCUT2D eigenvalue weighted by Gasteiger charge is 2.15. The Bertz CT molecular complexity index is 663. The van der Waals surface area contributed by atoms with Crippen molar-refractivity contribution in [3.8, 4) is 5.75 Å². The molecule has 0 heterocycles. The van der Waals surface area contributed by atoms with E-state index in [1.165, 1.54) is 12.1 Å². The maximum Gasteiger partial charge on any atom is 0.313 e. The van der Waals surface area contributed by atoms with Gasteiger partial charge in [0.1, 0.15) is 5.75 Å². The SMILES string of the molecule is O=Cc1ccccc1OS(=O)(=O)Cc1ccccc1. The van der Waals surface area contributed by atoms with Crippen LogP contribution in [0.4, 0.5) is 0 Å². The number of benzene rings is 2. The van der Waals surface area contributed by atoms with Crippen LogP contribution in [0.2, 0.25) is 0 Å². The van der Waals surface area contributed by atoms with Crippen LogP contribution < -0.4 is 4.18 Å². The predicted molar refractivity (Wildman–Crippen MR) is 71.5 cm³/mol. The molecule has 2 aromatic rings. The molecule has 0 radical (unpaired) electrons. The van der Waals surface area contributed by atoms with Crippen LogP contribution in [0.25, 0.3) is 0 Å². The average Bonchev–Trinajstić information content (AvgIpc) is 2.39. The van der Waals surface area contributed by atoms with Crippen LogP contribution in [0, 0.1) is 0 Å². The molecule has 0 unspecified atom stereocenters. The van der Waals surface area contributed by atoms with Crippen LogP contribution in [0.3, 0.4) is 0 Å². The number of aldehydes is 1. The van der Waals surface area contributed by atoms with E-state index in [2.05, 4.69) is 0 Å². The highest BCUT2D eigenvalue weighted by atomic mass is 32.2. The number of carbonyl (C=O) groups excluding carboxylic acids is 1. The van der Waals surface area contributed by atoms with Gasteiger partial charge < -0.3 is 4.18 Å². The molecule has 19 heavy (non-hydrogen) atoms. The molecule has 0 saturated carbocycles.